The van der Waals surface area contributed by atoms with Crippen molar-refractivity contribution in [1.82, 2.24) is 4.31 Å². The van der Waals surface area contributed by atoms with Gasteiger partial charge in [0.15, 0.2) is 0 Å². The second-order valence-corrected chi connectivity index (χ2v) is 7.81. The molecule has 5 nitrogen and oxygen atoms in total. The summed E-state index contributed by atoms with van der Waals surface area (Å²) in [6.07, 6.45) is 0. The van der Waals surface area contributed by atoms with Crippen LogP contribution in [0, 0.1) is 6.92 Å². The van der Waals surface area contributed by atoms with Crippen molar-refractivity contribution in [3.63, 3.8) is 0 Å². The molecule has 0 spiro atoms. The summed E-state index contributed by atoms with van der Waals surface area (Å²) in [5.41, 5.74) is 1.57. The number of nitrogens with zero attached hydrogens (tertiary/aromatic N) is 1. The number of benzene rings is 2. The topological polar surface area (TPSA) is 63.7 Å². The summed E-state index contributed by atoms with van der Waals surface area (Å²) < 4.78 is 31.6. The summed E-state index contributed by atoms with van der Waals surface area (Å²) in [6, 6.07) is 11.4. The highest BCUT2D eigenvalue weighted by Gasteiger charge is 2.24. The van der Waals surface area contributed by atoms with Gasteiger partial charge in [-0.1, -0.05) is 29.8 Å². The number of halogens is 1. The van der Waals surface area contributed by atoms with Crippen molar-refractivity contribution in [1.29, 1.82) is 0 Å². The molecule has 0 amide bonds. The van der Waals surface area contributed by atoms with Gasteiger partial charge in [-0.3, -0.25) is 0 Å². The van der Waals surface area contributed by atoms with Crippen LogP contribution in [0.2, 0.25) is 5.02 Å². The maximum Gasteiger partial charge on any atom is 0.337 e. The Morgan fingerprint density at radius 2 is 1.79 bits per heavy atom. The number of sulfonamides is 1. The van der Waals surface area contributed by atoms with Gasteiger partial charge in [0.25, 0.3) is 0 Å². The van der Waals surface area contributed by atoms with Gasteiger partial charge < -0.3 is 4.74 Å². The van der Waals surface area contributed by atoms with E-state index in [9.17, 15) is 13.2 Å². The van der Waals surface area contributed by atoms with Crippen molar-refractivity contribution < 1.29 is 17.9 Å². The predicted octanol–water partition coefficient (Wildman–Crippen LogP) is 3.26. The molecule has 0 radical (unpaired) electrons. The van der Waals surface area contributed by atoms with E-state index in [-0.39, 0.29) is 17.0 Å². The minimum absolute atomic E-state index is 0.0851. The molecule has 0 heterocycles. The number of aryl methyl sites for hydroxylation is 1. The zero-order valence-corrected chi connectivity index (χ0v) is 15.2. The van der Waals surface area contributed by atoms with E-state index >= 15 is 0 Å². The maximum absolute atomic E-state index is 12.8. The predicted molar refractivity (Wildman–Crippen MR) is 92.6 cm³/mol. The molecule has 0 saturated carbocycles. The van der Waals surface area contributed by atoms with Crippen LogP contribution < -0.4 is 0 Å². The van der Waals surface area contributed by atoms with Crippen molar-refractivity contribution in [2.75, 3.05) is 14.2 Å². The third-order valence-electron chi connectivity index (χ3n) is 3.62. The Bertz CT molecular complexity index is 847. The number of carbonyl (C=O) groups excluding carboxylic acids is 1. The molecule has 7 heteroatoms. The van der Waals surface area contributed by atoms with E-state index in [1.807, 2.05) is 0 Å². The van der Waals surface area contributed by atoms with Crippen molar-refractivity contribution in [2.24, 2.45) is 0 Å². The highest BCUT2D eigenvalue weighted by Crippen LogP contribution is 2.22. The average molecular weight is 368 g/mol. The number of hydrogen-bond acceptors (Lipinski definition) is 4. The fraction of sp³-hybridized carbons (Fsp3) is 0.235. The molecule has 2 aromatic rings. The van der Waals surface area contributed by atoms with Gasteiger partial charge in [-0.2, -0.15) is 4.31 Å². The van der Waals surface area contributed by atoms with Crippen LogP contribution >= 0.6 is 11.6 Å². The van der Waals surface area contributed by atoms with Gasteiger partial charge in [0.1, 0.15) is 0 Å². The molecule has 0 unspecified atom stereocenters. The molecule has 0 fully saturated rings. The lowest BCUT2D eigenvalue weighted by Gasteiger charge is -2.19. The third kappa shape index (κ3) is 3.95. The van der Waals surface area contributed by atoms with E-state index in [0.29, 0.717) is 10.6 Å². The minimum Gasteiger partial charge on any atom is -0.465 e. The summed E-state index contributed by atoms with van der Waals surface area (Å²) >= 11 is 5.84. The molecule has 0 aliphatic carbocycles. The lowest BCUT2D eigenvalue weighted by atomic mass is 10.1. The van der Waals surface area contributed by atoms with Crippen LogP contribution in [0.4, 0.5) is 0 Å². The third-order valence-corrected chi connectivity index (χ3v) is 5.81. The summed E-state index contributed by atoms with van der Waals surface area (Å²) in [5, 5.41) is 0.589. The number of rotatable bonds is 5. The van der Waals surface area contributed by atoms with Crippen LogP contribution in [0.15, 0.2) is 47.4 Å². The Kier molecular flexibility index (Phi) is 5.64. The second kappa shape index (κ2) is 7.34. The monoisotopic (exact) mass is 367 g/mol. The average Bonchev–Trinajstić information content (AvgIpc) is 2.56. The molecule has 0 aliphatic rings. The zero-order valence-electron chi connectivity index (χ0n) is 13.6. The van der Waals surface area contributed by atoms with E-state index in [2.05, 4.69) is 4.74 Å². The van der Waals surface area contributed by atoms with Gasteiger partial charge in [0.05, 0.1) is 17.6 Å². The van der Waals surface area contributed by atoms with Crippen molar-refractivity contribution in [2.45, 2.75) is 18.4 Å². The molecular weight excluding hydrogens is 350 g/mol. The van der Waals surface area contributed by atoms with Crippen molar-refractivity contribution in [3.05, 3.63) is 64.2 Å². The van der Waals surface area contributed by atoms with E-state index in [1.54, 1.807) is 43.3 Å². The van der Waals surface area contributed by atoms with Gasteiger partial charge in [0.2, 0.25) is 10.0 Å². The number of carbonyl (C=O) groups is 1. The smallest absolute Gasteiger partial charge is 0.337 e. The Hall–Kier alpha value is -1.89. The second-order valence-electron chi connectivity index (χ2n) is 5.36. The normalized spacial score (nSPS) is 11.5. The first-order valence-corrected chi connectivity index (χ1v) is 8.97. The summed E-state index contributed by atoms with van der Waals surface area (Å²) in [5.74, 6) is -0.577. The Morgan fingerprint density at radius 3 is 2.38 bits per heavy atom. The van der Waals surface area contributed by atoms with E-state index in [4.69, 9.17) is 11.6 Å². The number of methoxy groups -OCH3 is 1. The van der Waals surface area contributed by atoms with Crippen molar-refractivity contribution in [3.8, 4) is 0 Å². The lowest BCUT2D eigenvalue weighted by Crippen LogP contribution is -2.27. The van der Waals surface area contributed by atoms with E-state index in [0.717, 1.165) is 5.56 Å². The standard InChI is InChI=1S/C17H18ClNO4S/c1-12-4-7-14(17(20)23-3)10-16(12)24(21,22)19(2)11-13-5-8-15(18)9-6-13/h4-10H,11H2,1-3H3. The molecule has 0 N–H and O–H groups in total. The lowest BCUT2D eigenvalue weighted by molar-refractivity contribution is 0.0600. The molecule has 0 aliphatic heterocycles. The van der Waals surface area contributed by atoms with Crippen LogP contribution in [0.3, 0.4) is 0 Å². The highest BCUT2D eigenvalue weighted by atomic mass is 35.5. The Labute approximate surface area is 146 Å². The Balaban J connectivity index is 2.35. The first-order chi connectivity index (χ1) is 11.3. The van der Waals surface area contributed by atoms with Gasteiger partial charge in [-0.05, 0) is 42.3 Å². The molecule has 0 atom stereocenters. The highest BCUT2D eigenvalue weighted by molar-refractivity contribution is 7.89. The molecule has 128 valence electrons. The molecular formula is C17H18ClNO4S. The fourth-order valence-electron chi connectivity index (χ4n) is 2.22. The number of esters is 1. The van der Waals surface area contributed by atoms with Gasteiger partial charge >= 0.3 is 5.97 Å². The van der Waals surface area contributed by atoms with Crippen LogP contribution in [0.25, 0.3) is 0 Å². The molecule has 0 bridgehead atoms. The van der Waals surface area contributed by atoms with Crippen LogP contribution in [0.5, 0.6) is 0 Å². The van der Waals surface area contributed by atoms with E-state index < -0.39 is 16.0 Å². The largest absolute Gasteiger partial charge is 0.465 e. The van der Waals surface area contributed by atoms with Crippen molar-refractivity contribution >= 4 is 27.6 Å². The number of ether oxygens (including phenoxy) is 1. The van der Waals surface area contributed by atoms with E-state index in [1.165, 1.54) is 24.5 Å². The van der Waals surface area contributed by atoms with Crippen LogP contribution in [-0.2, 0) is 21.3 Å². The molecule has 24 heavy (non-hydrogen) atoms. The van der Waals surface area contributed by atoms with Gasteiger partial charge in [-0.25, -0.2) is 13.2 Å². The SMILES string of the molecule is COC(=O)c1ccc(C)c(S(=O)(=O)N(C)Cc2ccc(Cl)cc2)c1. The summed E-state index contributed by atoms with van der Waals surface area (Å²) in [6.45, 7) is 1.88. The quantitative estimate of drug-likeness (QED) is 0.761. The zero-order chi connectivity index (χ0) is 17.9. The molecule has 0 aromatic heterocycles. The fourth-order valence-corrected chi connectivity index (χ4v) is 3.75. The maximum atomic E-state index is 12.8. The Morgan fingerprint density at radius 1 is 1.17 bits per heavy atom. The summed E-state index contributed by atoms with van der Waals surface area (Å²) in [4.78, 5) is 11.7. The summed E-state index contributed by atoms with van der Waals surface area (Å²) in [7, 11) is -1.00. The van der Waals surface area contributed by atoms with Crippen LogP contribution in [0.1, 0.15) is 21.5 Å². The van der Waals surface area contributed by atoms with Gasteiger partial charge in [0, 0.05) is 18.6 Å². The minimum atomic E-state index is -3.75. The first kappa shape index (κ1) is 18.4. The first-order valence-electron chi connectivity index (χ1n) is 7.15. The molecule has 2 rings (SSSR count). The van der Waals surface area contributed by atoms with Gasteiger partial charge in [-0.15, -0.1) is 0 Å². The molecule has 0 saturated heterocycles. The number of hydrogen-bond donors (Lipinski definition) is 0. The van der Waals surface area contributed by atoms with Crippen LogP contribution in [-0.4, -0.2) is 32.8 Å². The molecule has 2 aromatic carbocycles.